The van der Waals surface area contributed by atoms with E-state index in [-0.39, 0.29) is 12.4 Å². The Hall–Kier alpha value is -2.34. The summed E-state index contributed by atoms with van der Waals surface area (Å²) in [4.78, 5) is 15.7. The largest absolute Gasteiger partial charge is 0.507 e. The monoisotopic (exact) mass is 276 g/mol. The molecule has 0 saturated carbocycles. The number of esters is 1. The van der Waals surface area contributed by atoms with Crippen molar-refractivity contribution in [1.29, 1.82) is 0 Å². The number of nitrogens with zero attached hydrogens (tertiary/aromatic N) is 2. The zero-order valence-electron chi connectivity index (χ0n) is 11.3. The number of methoxy groups -OCH3 is 1. The Morgan fingerprint density at radius 2 is 2.20 bits per heavy atom. The highest BCUT2D eigenvalue weighted by molar-refractivity contribution is 5.92. The van der Waals surface area contributed by atoms with Gasteiger partial charge in [-0.3, -0.25) is 0 Å². The third-order valence-corrected chi connectivity index (χ3v) is 3.05. The van der Waals surface area contributed by atoms with Gasteiger partial charge in [-0.15, -0.1) is 0 Å². The Labute approximate surface area is 116 Å². The summed E-state index contributed by atoms with van der Waals surface area (Å²) in [6.45, 7) is 2.02. The molecular weight excluding hydrogens is 260 g/mol. The molecule has 0 saturated heterocycles. The summed E-state index contributed by atoms with van der Waals surface area (Å²) >= 11 is 0. The van der Waals surface area contributed by atoms with Crippen LogP contribution in [0.3, 0.4) is 0 Å². The normalized spacial score (nSPS) is 10.6. The minimum atomic E-state index is -0.470. The number of carbonyl (C=O) groups excluding carboxylic acids is 1. The Morgan fingerprint density at radius 3 is 2.85 bits per heavy atom. The Morgan fingerprint density at radius 1 is 1.45 bits per heavy atom. The molecule has 0 atom stereocenters. The molecule has 0 amide bonds. The number of ether oxygens (including phenoxy) is 1. The van der Waals surface area contributed by atoms with Crippen molar-refractivity contribution in [2.45, 2.75) is 13.5 Å². The van der Waals surface area contributed by atoms with Crippen LogP contribution in [0.4, 0.5) is 0 Å². The summed E-state index contributed by atoms with van der Waals surface area (Å²) in [7, 11) is 1.31. The van der Waals surface area contributed by atoms with Gasteiger partial charge in [0.05, 0.1) is 37.5 Å². The fourth-order valence-electron chi connectivity index (χ4n) is 2.04. The van der Waals surface area contributed by atoms with E-state index < -0.39 is 5.97 Å². The highest BCUT2D eigenvalue weighted by Gasteiger charge is 2.16. The number of carbonyl (C=O) groups is 1. The zero-order valence-corrected chi connectivity index (χ0v) is 11.3. The van der Waals surface area contributed by atoms with Crippen LogP contribution in [-0.4, -0.2) is 39.5 Å². The number of benzene rings is 1. The van der Waals surface area contributed by atoms with Crippen molar-refractivity contribution in [2.24, 2.45) is 0 Å². The third kappa shape index (κ3) is 2.50. The van der Waals surface area contributed by atoms with E-state index in [0.29, 0.717) is 28.9 Å². The van der Waals surface area contributed by atoms with Crippen LogP contribution < -0.4 is 0 Å². The van der Waals surface area contributed by atoms with Gasteiger partial charge in [-0.1, -0.05) is 0 Å². The highest BCUT2D eigenvalue weighted by atomic mass is 16.5. The smallest absolute Gasteiger partial charge is 0.337 e. The van der Waals surface area contributed by atoms with E-state index in [1.165, 1.54) is 7.11 Å². The zero-order chi connectivity index (χ0) is 14.7. The molecule has 1 aromatic heterocycles. The molecule has 0 unspecified atom stereocenters. The maximum Gasteiger partial charge on any atom is 0.337 e. The second-order valence-electron chi connectivity index (χ2n) is 4.38. The Bertz CT molecular complexity index is 634. The molecule has 0 aliphatic carbocycles. The first-order valence-electron chi connectivity index (χ1n) is 6.11. The lowest BCUT2D eigenvalue weighted by molar-refractivity contribution is 0.0600. The van der Waals surface area contributed by atoms with Gasteiger partial charge >= 0.3 is 5.97 Å². The molecule has 1 heterocycles. The van der Waals surface area contributed by atoms with Crippen molar-refractivity contribution in [3.05, 3.63) is 35.8 Å². The van der Waals surface area contributed by atoms with Gasteiger partial charge in [-0.25, -0.2) is 9.78 Å². The molecule has 2 aromatic rings. The molecular formula is C14H16N2O4. The number of aromatic nitrogens is 2. The second kappa shape index (κ2) is 5.75. The minimum Gasteiger partial charge on any atom is -0.507 e. The summed E-state index contributed by atoms with van der Waals surface area (Å²) in [5.74, 6) is -0.389. The summed E-state index contributed by atoms with van der Waals surface area (Å²) < 4.78 is 6.40. The van der Waals surface area contributed by atoms with Gasteiger partial charge in [0.15, 0.2) is 0 Å². The van der Waals surface area contributed by atoms with E-state index in [9.17, 15) is 9.90 Å². The summed E-state index contributed by atoms with van der Waals surface area (Å²) in [5.41, 5.74) is 2.04. The van der Waals surface area contributed by atoms with Crippen LogP contribution in [0.25, 0.3) is 11.3 Å². The molecule has 0 aliphatic heterocycles. The lowest BCUT2D eigenvalue weighted by Crippen LogP contribution is -2.05. The standard InChI is InChI=1S/C14H16N2O4/c1-9-5-10(14(19)20-2)6-11(13(9)18)12-7-15-8-16(12)3-4-17/h5-8,17-18H,3-4H2,1-2H3. The predicted octanol–water partition coefficient (Wildman–Crippen LogP) is 1.34. The molecule has 20 heavy (non-hydrogen) atoms. The fourth-order valence-corrected chi connectivity index (χ4v) is 2.04. The van der Waals surface area contributed by atoms with Crippen LogP contribution >= 0.6 is 0 Å². The van der Waals surface area contributed by atoms with E-state index in [2.05, 4.69) is 4.98 Å². The lowest BCUT2D eigenvalue weighted by Gasteiger charge is -2.12. The molecule has 0 fully saturated rings. The van der Waals surface area contributed by atoms with E-state index in [1.807, 2.05) is 0 Å². The SMILES string of the molecule is COC(=O)c1cc(C)c(O)c(-c2cncn2CCO)c1. The average Bonchev–Trinajstić information content (AvgIpc) is 2.89. The number of imidazole rings is 1. The summed E-state index contributed by atoms with van der Waals surface area (Å²) in [5, 5.41) is 19.2. The number of hydrogen-bond donors (Lipinski definition) is 2. The minimum absolute atomic E-state index is 0.0419. The molecule has 2 N–H and O–H groups in total. The van der Waals surface area contributed by atoms with Crippen molar-refractivity contribution in [1.82, 2.24) is 9.55 Å². The first-order valence-corrected chi connectivity index (χ1v) is 6.11. The van der Waals surface area contributed by atoms with Crippen LogP contribution in [0.1, 0.15) is 15.9 Å². The molecule has 106 valence electrons. The van der Waals surface area contributed by atoms with Gasteiger partial charge in [0.2, 0.25) is 0 Å². The number of aryl methyl sites for hydroxylation is 1. The Kier molecular flexibility index (Phi) is 4.05. The van der Waals surface area contributed by atoms with E-state index >= 15 is 0 Å². The van der Waals surface area contributed by atoms with Gasteiger partial charge in [0.25, 0.3) is 0 Å². The molecule has 6 nitrogen and oxygen atoms in total. The van der Waals surface area contributed by atoms with Crippen molar-refractivity contribution < 1.29 is 19.7 Å². The highest BCUT2D eigenvalue weighted by Crippen LogP contribution is 2.33. The van der Waals surface area contributed by atoms with Crippen molar-refractivity contribution in [3.8, 4) is 17.0 Å². The topological polar surface area (TPSA) is 84.6 Å². The van der Waals surface area contributed by atoms with Gasteiger partial charge in [0.1, 0.15) is 5.75 Å². The van der Waals surface area contributed by atoms with Gasteiger partial charge < -0.3 is 19.5 Å². The second-order valence-corrected chi connectivity index (χ2v) is 4.38. The van der Waals surface area contributed by atoms with Crippen molar-refractivity contribution in [2.75, 3.05) is 13.7 Å². The molecule has 2 rings (SSSR count). The van der Waals surface area contributed by atoms with Gasteiger partial charge in [-0.2, -0.15) is 0 Å². The van der Waals surface area contributed by atoms with E-state index in [4.69, 9.17) is 9.84 Å². The van der Waals surface area contributed by atoms with Crippen LogP contribution in [0, 0.1) is 6.92 Å². The van der Waals surface area contributed by atoms with Crippen LogP contribution in [0.5, 0.6) is 5.75 Å². The van der Waals surface area contributed by atoms with E-state index in [1.54, 1.807) is 36.1 Å². The number of phenolic OH excluding ortho intramolecular Hbond substituents is 1. The molecule has 0 spiro atoms. The molecule has 0 bridgehead atoms. The quantitative estimate of drug-likeness (QED) is 0.823. The van der Waals surface area contributed by atoms with Gasteiger partial charge in [0, 0.05) is 12.1 Å². The van der Waals surface area contributed by atoms with Gasteiger partial charge in [-0.05, 0) is 24.6 Å². The lowest BCUT2D eigenvalue weighted by atomic mass is 10.0. The van der Waals surface area contributed by atoms with Crippen molar-refractivity contribution in [3.63, 3.8) is 0 Å². The van der Waals surface area contributed by atoms with Crippen LogP contribution in [0.2, 0.25) is 0 Å². The number of aliphatic hydroxyl groups excluding tert-OH is 1. The summed E-state index contributed by atoms with van der Waals surface area (Å²) in [6.07, 6.45) is 3.14. The van der Waals surface area contributed by atoms with Crippen LogP contribution in [-0.2, 0) is 11.3 Å². The van der Waals surface area contributed by atoms with Crippen LogP contribution in [0.15, 0.2) is 24.7 Å². The fraction of sp³-hybridized carbons (Fsp3) is 0.286. The summed E-state index contributed by atoms with van der Waals surface area (Å²) in [6, 6.07) is 3.12. The van der Waals surface area contributed by atoms with Crippen molar-refractivity contribution >= 4 is 5.97 Å². The number of hydrogen-bond acceptors (Lipinski definition) is 5. The first kappa shape index (κ1) is 14.1. The number of phenols is 1. The molecule has 0 radical (unpaired) electrons. The predicted molar refractivity (Wildman–Crippen MR) is 72.5 cm³/mol. The molecule has 6 heteroatoms. The average molecular weight is 276 g/mol. The third-order valence-electron chi connectivity index (χ3n) is 3.05. The van der Waals surface area contributed by atoms with E-state index in [0.717, 1.165) is 0 Å². The maximum absolute atomic E-state index is 11.6. The number of rotatable bonds is 4. The number of aliphatic hydroxyl groups is 1. The maximum atomic E-state index is 11.6. The first-order chi connectivity index (χ1) is 9.58. The molecule has 0 aliphatic rings. The molecule has 1 aromatic carbocycles. The number of aromatic hydroxyl groups is 1. The Balaban J connectivity index is 2.57.